The Hall–Kier alpha value is -2.18. The molecule has 2 aromatic rings. The first-order valence-electron chi connectivity index (χ1n) is 11.1. The van der Waals surface area contributed by atoms with E-state index in [1.165, 1.54) is 44.3 Å². The molecule has 29 heavy (non-hydrogen) atoms. The molecule has 4 rings (SSSR count). The van der Waals surface area contributed by atoms with Crippen LogP contribution in [-0.2, 0) is 13.1 Å². The fourth-order valence-electron chi connectivity index (χ4n) is 4.39. The van der Waals surface area contributed by atoms with E-state index in [1.54, 1.807) is 0 Å². The second kappa shape index (κ2) is 10.0. The summed E-state index contributed by atoms with van der Waals surface area (Å²) in [5, 5.41) is 10.9. The van der Waals surface area contributed by atoms with Crippen LogP contribution in [-0.4, -0.2) is 46.8 Å². The molecule has 1 aromatic heterocycles. The van der Waals surface area contributed by atoms with Gasteiger partial charge in [0.15, 0.2) is 0 Å². The topological polar surface area (TPSA) is 62.2 Å². The average Bonchev–Trinajstić information content (AvgIpc) is 3.12. The quantitative estimate of drug-likeness (QED) is 0.789. The van der Waals surface area contributed by atoms with Gasteiger partial charge in [-0.15, -0.1) is 0 Å². The van der Waals surface area contributed by atoms with Crippen molar-refractivity contribution in [2.45, 2.75) is 57.7 Å². The Morgan fingerprint density at radius 2 is 1.93 bits per heavy atom. The number of carbonyl (C=O) groups excluding carboxylic acids is 1. The minimum atomic E-state index is -0.106. The van der Waals surface area contributed by atoms with E-state index in [9.17, 15) is 4.79 Å². The highest BCUT2D eigenvalue weighted by Gasteiger charge is 2.17. The second-order valence-electron chi connectivity index (χ2n) is 8.37. The third kappa shape index (κ3) is 5.67. The summed E-state index contributed by atoms with van der Waals surface area (Å²) >= 11 is 0. The number of nitrogens with one attached hydrogen (secondary N) is 2. The van der Waals surface area contributed by atoms with Crippen LogP contribution < -0.4 is 10.6 Å². The van der Waals surface area contributed by atoms with Crippen LogP contribution in [0.4, 0.5) is 0 Å². The molecule has 1 atom stereocenters. The van der Waals surface area contributed by atoms with E-state index in [4.69, 9.17) is 0 Å². The number of carbonyl (C=O) groups is 1. The number of amides is 1. The molecule has 6 nitrogen and oxygen atoms in total. The van der Waals surface area contributed by atoms with Crippen molar-refractivity contribution in [2.75, 3.05) is 26.2 Å². The monoisotopic (exact) mass is 395 g/mol. The van der Waals surface area contributed by atoms with E-state index in [0.29, 0.717) is 18.3 Å². The number of nitrogens with zero attached hydrogens (tertiary/aromatic N) is 3. The van der Waals surface area contributed by atoms with E-state index < -0.39 is 0 Å². The Morgan fingerprint density at radius 3 is 2.72 bits per heavy atom. The summed E-state index contributed by atoms with van der Waals surface area (Å²) < 4.78 is 1.93. The van der Waals surface area contributed by atoms with E-state index in [0.717, 1.165) is 38.0 Å². The smallest absolute Gasteiger partial charge is 0.272 e. The zero-order chi connectivity index (χ0) is 19.9. The van der Waals surface area contributed by atoms with Gasteiger partial charge in [0.05, 0.1) is 6.04 Å². The fourth-order valence-corrected chi connectivity index (χ4v) is 4.39. The molecule has 2 saturated heterocycles. The molecule has 2 aliphatic rings. The maximum atomic E-state index is 12.5. The molecule has 0 aliphatic carbocycles. The van der Waals surface area contributed by atoms with Crippen LogP contribution in [0.3, 0.4) is 0 Å². The lowest BCUT2D eigenvalue weighted by Crippen LogP contribution is -2.32. The Bertz CT molecular complexity index is 788. The maximum absolute atomic E-state index is 12.5. The first-order chi connectivity index (χ1) is 14.3. The van der Waals surface area contributed by atoms with E-state index in [2.05, 4.69) is 44.9 Å². The number of aromatic nitrogens is 2. The lowest BCUT2D eigenvalue weighted by molar-refractivity contribution is 0.0944. The SMILES string of the molecule is O=C(NCc1cccc(CN2CCCCCC2)c1)c1ccn(C2CCCNC2)n1. The van der Waals surface area contributed by atoms with Crippen molar-refractivity contribution in [1.29, 1.82) is 0 Å². The zero-order valence-electron chi connectivity index (χ0n) is 17.3. The Balaban J connectivity index is 1.30. The summed E-state index contributed by atoms with van der Waals surface area (Å²) in [4.78, 5) is 15.1. The van der Waals surface area contributed by atoms with Gasteiger partial charge in [-0.25, -0.2) is 0 Å². The summed E-state index contributed by atoms with van der Waals surface area (Å²) in [6.45, 7) is 5.92. The Kier molecular flexibility index (Phi) is 6.96. The van der Waals surface area contributed by atoms with Crippen LogP contribution in [0.5, 0.6) is 0 Å². The summed E-state index contributed by atoms with van der Waals surface area (Å²) in [5.41, 5.74) is 2.96. The molecule has 0 saturated carbocycles. The van der Waals surface area contributed by atoms with Gasteiger partial charge in [0.25, 0.3) is 5.91 Å². The fraction of sp³-hybridized carbons (Fsp3) is 0.565. The minimum Gasteiger partial charge on any atom is -0.347 e. The standard InChI is InChI=1S/C23H33N5O/c29-23(22-10-14-28(26-22)21-9-6-11-24-17-21)25-16-19-7-5-8-20(15-19)18-27-12-3-1-2-4-13-27/h5,7-8,10,14-15,21,24H,1-4,6,9,11-13,16-18H2,(H,25,29). The van der Waals surface area contributed by atoms with Crippen molar-refractivity contribution in [3.63, 3.8) is 0 Å². The number of hydrogen-bond donors (Lipinski definition) is 2. The molecule has 0 spiro atoms. The van der Waals surface area contributed by atoms with Gasteiger partial charge in [0, 0.05) is 25.8 Å². The second-order valence-corrected chi connectivity index (χ2v) is 8.37. The molecule has 1 unspecified atom stereocenters. The number of piperidine rings is 1. The van der Waals surface area contributed by atoms with Crippen molar-refractivity contribution in [2.24, 2.45) is 0 Å². The summed E-state index contributed by atoms with van der Waals surface area (Å²) in [5.74, 6) is -0.106. The van der Waals surface area contributed by atoms with Gasteiger partial charge in [-0.2, -0.15) is 5.10 Å². The molecule has 1 aromatic carbocycles. The summed E-state index contributed by atoms with van der Waals surface area (Å²) in [7, 11) is 0. The first kappa shape index (κ1) is 20.1. The van der Waals surface area contributed by atoms with Crippen molar-refractivity contribution >= 4 is 5.91 Å². The highest BCUT2D eigenvalue weighted by molar-refractivity contribution is 5.92. The summed E-state index contributed by atoms with van der Waals surface area (Å²) in [6, 6.07) is 10.8. The highest BCUT2D eigenvalue weighted by atomic mass is 16.1. The molecule has 0 bridgehead atoms. The van der Waals surface area contributed by atoms with Crippen molar-refractivity contribution in [3.8, 4) is 0 Å². The van der Waals surface area contributed by atoms with Gasteiger partial charge < -0.3 is 10.6 Å². The molecule has 0 radical (unpaired) electrons. The van der Waals surface area contributed by atoms with Crippen LogP contribution in [0, 0.1) is 0 Å². The lowest BCUT2D eigenvalue weighted by Gasteiger charge is -2.22. The predicted octanol–water partition coefficient (Wildman–Crippen LogP) is 3.11. The molecule has 6 heteroatoms. The summed E-state index contributed by atoms with van der Waals surface area (Å²) in [6.07, 6.45) is 9.51. The van der Waals surface area contributed by atoms with Gasteiger partial charge in [0.1, 0.15) is 5.69 Å². The lowest BCUT2D eigenvalue weighted by atomic mass is 10.1. The highest BCUT2D eigenvalue weighted by Crippen LogP contribution is 2.16. The zero-order valence-corrected chi connectivity index (χ0v) is 17.3. The van der Waals surface area contributed by atoms with E-state index in [-0.39, 0.29) is 5.91 Å². The Labute approximate surface area is 173 Å². The van der Waals surface area contributed by atoms with Gasteiger partial charge in [-0.1, -0.05) is 37.1 Å². The van der Waals surface area contributed by atoms with Crippen LogP contribution in [0.2, 0.25) is 0 Å². The van der Waals surface area contributed by atoms with Gasteiger partial charge in [-0.05, 0) is 62.5 Å². The molecular formula is C23H33N5O. The predicted molar refractivity (Wildman–Crippen MR) is 115 cm³/mol. The number of likely N-dealkylation sites (tertiary alicyclic amines) is 1. The van der Waals surface area contributed by atoms with Gasteiger partial charge in [-0.3, -0.25) is 14.4 Å². The van der Waals surface area contributed by atoms with E-state index >= 15 is 0 Å². The van der Waals surface area contributed by atoms with Crippen LogP contribution >= 0.6 is 0 Å². The normalized spacial score (nSPS) is 20.9. The molecule has 2 fully saturated rings. The maximum Gasteiger partial charge on any atom is 0.272 e. The van der Waals surface area contributed by atoms with Crippen LogP contribution in [0.15, 0.2) is 36.5 Å². The molecule has 3 heterocycles. The first-order valence-corrected chi connectivity index (χ1v) is 11.1. The number of hydrogen-bond acceptors (Lipinski definition) is 4. The van der Waals surface area contributed by atoms with Crippen molar-refractivity contribution < 1.29 is 4.79 Å². The molecule has 2 N–H and O–H groups in total. The third-order valence-corrected chi connectivity index (χ3v) is 6.04. The van der Waals surface area contributed by atoms with Crippen molar-refractivity contribution in [1.82, 2.24) is 25.3 Å². The molecule has 2 aliphatic heterocycles. The minimum absolute atomic E-state index is 0.106. The molecule has 1 amide bonds. The Morgan fingerprint density at radius 1 is 1.10 bits per heavy atom. The number of benzene rings is 1. The average molecular weight is 396 g/mol. The molecule has 156 valence electrons. The van der Waals surface area contributed by atoms with Gasteiger partial charge >= 0.3 is 0 Å². The van der Waals surface area contributed by atoms with Crippen molar-refractivity contribution in [3.05, 3.63) is 53.3 Å². The third-order valence-electron chi connectivity index (χ3n) is 6.04. The van der Waals surface area contributed by atoms with Crippen LogP contribution in [0.25, 0.3) is 0 Å². The van der Waals surface area contributed by atoms with E-state index in [1.807, 2.05) is 16.9 Å². The molecular weight excluding hydrogens is 362 g/mol. The largest absolute Gasteiger partial charge is 0.347 e. The van der Waals surface area contributed by atoms with Crippen LogP contribution in [0.1, 0.15) is 66.2 Å². The van der Waals surface area contributed by atoms with Gasteiger partial charge in [0.2, 0.25) is 0 Å². The number of rotatable bonds is 6.